The van der Waals surface area contributed by atoms with E-state index in [4.69, 9.17) is 0 Å². The third-order valence-electron chi connectivity index (χ3n) is 1.97. The lowest BCUT2D eigenvalue weighted by atomic mass is 10.1. The summed E-state index contributed by atoms with van der Waals surface area (Å²) in [4.78, 5) is 11.4. The van der Waals surface area contributed by atoms with Crippen molar-refractivity contribution in [2.24, 2.45) is 0 Å². The molecule has 0 saturated carbocycles. The SMILES string of the molecule is CSCCNC(=O)Cc1ccccc1O. The molecule has 0 fully saturated rings. The van der Waals surface area contributed by atoms with Gasteiger partial charge in [0, 0.05) is 17.9 Å². The summed E-state index contributed by atoms with van der Waals surface area (Å²) in [6.07, 6.45) is 2.23. The van der Waals surface area contributed by atoms with E-state index in [1.807, 2.05) is 12.3 Å². The van der Waals surface area contributed by atoms with Gasteiger partial charge in [-0.15, -0.1) is 0 Å². The number of phenolic OH excluding ortho intramolecular Hbond substituents is 1. The highest BCUT2D eigenvalue weighted by Gasteiger charge is 2.05. The second-order valence-electron chi connectivity index (χ2n) is 3.15. The molecule has 3 nitrogen and oxygen atoms in total. The van der Waals surface area contributed by atoms with Gasteiger partial charge in [-0.1, -0.05) is 18.2 Å². The van der Waals surface area contributed by atoms with Crippen LogP contribution in [0.4, 0.5) is 0 Å². The molecular formula is C11H15NO2S. The standard InChI is InChI=1S/C11H15NO2S/c1-15-7-6-12-11(14)8-9-4-2-3-5-10(9)13/h2-5,13H,6-8H2,1H3,(H,12,14). The molecule has 1 aromatic carbocycles. The Morgan fingerprint density at radius 1 is 1.47 bits per heavy atom. The second kappa shape index (κ2) is 6.35. The van der Waals surface area contributed by atoms with Crippen LogP contribution in [0, 0.1) is 0 Å². The van der Waals surface area contributed by atoms with Gasteiger partial charge in [0.1, 0.15) is 5.75 Å². The molecule has 0 aliphatic heterocycles. The van der Waals surface area contributed by atoms with Crippen molar-refractivity contribution in [1.29, 1.82) is 0 Å². The topological polar surface area (TPSA) is 49.3 Å². The summed E-state index contributed by atoms with van der Waals surface area (Å²) < 4.78 is 0. The van der Waals surface area contributed by atoms with Crippen LogP contribution in [0.15, 0.2) is 24.3 Å². The fraction of sp³-hybridized carbons (Fsp3) is 0.364. The number of carbonyl (C=O) groups is 1. The maximum absolute atomic E-state index is 11.4. The summed E-state index contributed by atoms with van der Waals surface area (Å²) in [5.74, 6) is 1.04. The highest BCUT2D eigenvalue weighted by Crippen LogP contribution is 2.15. The maximum atomic E-state index is 11.4. The van der Waals surface area contributed by atoms with Crippen LogP contribution in [0.5, 0.6) is 5.75 Å². The molecule has 0 radical (unpaired) electrons. The van der Waals surface area contributed by atoms with Crippen LogP contribution < -0.4 is 5.32 Å². The Hall–Kier alpha value is -1.16. The third kappa shape index (κ3) is 4.25. The number of hydrogen-bond donors (Lipinski definition) is 2. The van der Waals surface area contributed by atoms with Crippen LogP contribution in [0.2, 0.25) is 0 Å². The van der Waals surface area contributed by atoms with E-state index < -0.39 is 0 Å². The van der Waals surface area contributed by atoms with Crippen LogP contribution in [0.1, 0.15) is 5.56 Å². The highest BCUT2D eigenvalue weighted by atomic mass is 32.2. The third-order valence-corrected chi connectivity index (χ3v) is 2.58. The zero-order valence-electron chi connectivity index (χ0n) is 8.69. The van der Waals surface area contributed by atoms with Crippen molar-refractivity contribution in [1.82, 2.24) is 5.32 Å². The van der Waals surface area contributed by atoms with Gasteiger partial charge >= 0.3 is 0 Å². The molecule has 15 heavy (non-hydrogen) atoms. The van der Waals surface area contributed by atoms with Crippen LogP contribution in [0.3, 0.4) is 0 Å². The van der Waals surface area contributed by atoms with Crippen LogP contribution in [-0.4, -0.2) is 29.6 Å². The summed E-state index contributed by atoms with van der Waals surface area (Å²) in [5, 5.41) is 12.2. The molecule has 1 amide bonds. The van der Waals surface area contributed by atoms with E-state index in [1.54, 1.807) is 30.0 Å². The maximum Gasteiger partial charge on any atom is 0.224 e. The van der Waals surface area contributed by atoms with E-state index in [-0.39, 0.29) is 18.1 Å². The van der Waals surface area contributed by atoms with Crippen molar-refractivity contribution in [3.8, 4) is 5.75 Å². The lowest BCUT2D eigenvalue weighted by Crippen LogP contribution is -2.27. The first-order chi connectivity index (χ1) is 7.24. The van der Waals surface area contributed by atoms with Crippen molar-refractivity contribution in [3.63, 3.8) is 0 Å². The summed E-state index contributed by atoms with van der Waals surface area (Å²) in [6, 6.07) is 6.89. The smallest absolute Gasteiger partial charge is 0.224 e. The molecule has 1 aromatic rings. The van der Waals surface area contributed by atoms with Gasteiger partial charge < -0.3 is 10.4 Å². The zero-order chi connectivity index (χ0) is 11.1. The number of phenols is 1. The largest absolute Gasteiger partial charge is 0.508 e. The molecule has 1 rings (SSSR count). The van der Waals surface area contributed by atoms with Gasteiger partial charge in [-0.3, -0.25) is 4.79 Å². The van der Waals surface area contributed by atoms with Gasteiger partial charge in [0.25, 0.3) is 0 Å². The fourth-order valence-corrected chi connectivity index (χ4v) is 1.49. The molecule has 2 N–H and O–H groups in total. The Labute approximate surface area is 93.9 Å². The normalized spacial score (nSPS) is 9.93. The lowest BCUT2D eigenvalue weighted by molar-refractivity contribution is -0.120. The summed E-state index contributed by atoms with van der Waals surface area (Å²) in [6.45, 7) is 0.674. The first-order valence-corrected chi connectivity index (χ1v) is 6.16. The molecule has 0 bridgehead atoms. The summed E-state index contributed by atoms with van der Waals surface area (Å²) in [5.41, 5.74) is 0.666. The van der Waals surface area contributed by atoms with E-state index in [0.29, 0.717) is 12.1 Å². The quantitative estimate of drug-likeness (QED) is 0.745. The molecule has 4 heteroatoms. The van der Waals surface area contributed by atoms with E-state index in [2.05, 4.69) is 5.32 Å². The van der Waals surface area contributed by atoms with Crippen molar-refractivity contribution in [2.75, 3.05) is 18.6 Å². The number of rotatable bonds is 5. The summed E-state index contributed by atoms with van der Waals surface area (Å²) in [7, 11) is 0. The molecule has 0 aliphatic rings. The zero-order valence-corrected chi connectivity index (χ0v) is 9.51. The number of para-hydroxylation sites is 1. The number of carbonyl (C=O) groups excluding carboxylic acids is 1. The van der Waals surface area contributed by atoms with Crippen molar-refractivity contribution in [2.45, 2.75) is 6.42 Å². The molecule has 0 aromatic heterocycles. The lowest BCUT2D eigenvalue weighted by Gasteiger charge is -2.05. The number of thioether (sulfide) groups is 1. The van der Waals surface area contributed by atoms with E-state index in [9.17, 15) is 9.90 Å². The van der Waals surface area contributed by atoms with Gasteiger partial charge in [0.2, 0.25) is 5.91 Å². The first kappa shape index (κ1) is 11.9. The number of aromatic hydroxyl groups is 1. The Morgan fingerprint density at radius 2 is 2.20 bits per heavy atom. The average molecular weight is 225 g/mol. The second-order valence-corrected chi connectivity index (χ2v) is 4.13. The molecule has 82 valence electrons. The predicted octanol–water partition coefficient (Wildman–Crippen LogP) is 1.41. The van der Waals surface area contributed by atoms with Crippen molar-refractivity contribution in [3.05, 3.63) is 29.8 Å². The summed E-state index contributed by atoms with van der Waals surface area (Å²) >= 11 is 1.69. The highest BCUT2D eigenvalue weighted by molar-refractivity contribution is 7.98. The van der Waals surface area contributed by atoms with E-state index in [1.165, 1.54) is 0 Å². The monoisotopic (exact) mass is 225 g/mol. The minimum absolute atomic E-state index is 0.0504. The van der Waals surface area contributed by atoms with Crippen LogP contribution in [0.25, 0.3) is 0 Å². The average Bonchev–Trinajstić information content (AvgIpc) is 2.22. The van der Waals surface area contributed by atoms with Gasteiger partial charge in [0.05, 0.1) is 6.42 Å². The van der Waals surface area contributed by atoms with Gasteiger partial charge in [0.15, 0.2) is 0 Å². The van der Waals surface area contributed by atoms with Gasteiger partial charge in [-0.2, -0.15) is 11.8 Å². The molecule has 0 atom stereocenters. The van der Waals surface area contributed by atoms with E-state index in [0.717, 1.165) is 5.75 Å². The minimum atomic E-state index is -0.0504. The molecule has 0 heterocycles. The Morgan fingerprint density at radius 3 is 2.87 bits per heavy atom. The van der Waals surface area contributed by atoms with E-state index >= 15 is 0 Å². The number of nitrogens with one attached hydrogen (secondary N) is 1. The number of amides is 1. The van der Waals surface area contributed by atoms with Gasteiger partial charge in [-0.25, -0.2) is 0 Å². The molecule has 0 spiro atoms. The van der Waals surface area contributed by atoms with Crippen LogP contribution >= 0.6 is 11.8 Å². The predicted molar refractivity (Wildman–Crippen MR) is 63.2 cm³/mol. The number of hydrogen-bond acceptors (Lipinski definition) is 3. The number of benzene rings is 1. The minimum Gasteiger partial charge on any atom is -0.508 e. The Balaban J connectivity index is 2.41. The Kier molecular flexibility index (Phi) is 5.04. The van der Waals surface area contributed by atoms with Gasteiger partial charge in [-0.05, 0) is 12.3 Å². The van der Waals surface area contributed by atoms with Crippen LogP contribution in [-0.2, 0) is 11.2 Å². The Bertz CT molecular complexity index is 328. The molecule has 0 unspecified atom stereocenters. The van der Waals surface area contributed by atoms with Crippen molar-refractivity contribution >= 4 is 17.7 Å². The molecule has 0 aliphatic carbocycles. The molecule has 0 saturated heterocycles. The first-order valence-electron chi connectivity index (χ1n) is 4.76. The fourth-order valence-electron chi connectivity index (χ4n) is 1.19. The molecular weight excluding hydrogens is 210 g/mol. The van der Waals surface area contributed by atoms with Crippen molar-refractivity contribution < 1.29 is 9.90 Å².